The van der Waals surface area contributed by atoms with Crippen LogP contribution in [-0.2, 0) is 4.79 Å². The molecule has 2 unspecified atom stereocenters. The fourth-order valence-electron chi connectivity index (χ4n) is 3.26. The van der Waals surface area contributed by atoms with Gasteiger partial charge in [0.2, 0.25) is 0 Å². The molecule has 1 aliphatic rings. The maximum absolute atomic E-state index is 11.9. The van der Waals surface area contributed by atoms with Crippen LogP contribution in [0.25, 0.3) is 0 Å². The topological polar surface area (TPSA) is 43.8 Å². The standard InChI is InChI=1S/C18H28N2O2/c1-5-19-10-11-20(14(4)12-19)17(18(21)22)16-8-6-15(7-9-16)13(2)3/h6-9,13-14,17H,5,10-12H2,1-4H3,(H,21,22). The molecule has 1 aliphatic heterocycles. The molecule has 0 bridgehead atoms. The van der Waals surface area contributed by atoms with Gasteiger partial charge < -0.3 is 10.0 Å². The number of nitrogens with zero attached hydrogens (tertiary/aromatic N) is 2. The molecule has 0 aromatic heterocycles. The van der Waals surface area contributed by atoms with Gasteiger partial charge in [-0.25, -0.2) is 0 Å². The number of hydrogen-bond acceptors (Lipinski definition) is 3. The number of hydrogen-bond donors (Lipinski definition) is 1. The largest absolute Gasteiger partial charge is 0.480 e. The van der Waals surface area contributed by atoms with Gasteiger partial charge in [-0.05, 0) is 30.5 Å². The molecule has 0 amide bonds. The third kappa shape index (κ3) is 3.68. The lowest BCUT2D eigenvalue weighted by molar-refractivity contribution is -0.145. The van der Waals surface area contributed by atoms with E-state index in [0.29, 0.717) is 5.92 Å². The van der Waals surface area contributed by atoms with E-state index in [4.69, 9.17) is 0 Å². The molecule has 4 heteroatoms. The van der Waals surface area contributed by atoms with Gasteiger partial charge in [-0.15, -0.1) is 0 Å². The van der Waals surface area contributed by atoms with E-state index in [0.717, 1.165) is 31.7 Å². The average Bonchev–Trinajstić information content (AvgIpc) is 2.49. The first-order valence-corrected chi connectivity index (χ1v) is 8.24. The number of benzene rings is 1. The van der Waals surface area contributed by atoms with Gasteiger partial charge in [-0.2, -0.15) is 0 Å². The number of carboxylic acids is 1. The van der Waals surface area contributed by atoms with Gasteiger partial charge in [0.25, 0.3) is 0 Å². The maximum Gasteiger partial charge on any atom is 0.325 e. The van der Waals surface area contributed by atoms with E-state index in [-0.39, 0.29) is 6.04 Å². The Morgan fingerprint density at radius 1 is 1.23 bits per heavy atom. The summed E-state index contributed by atoms with van der Waals surface area (Å²) in [6.45, 7) is 12.3. The Labute approximate surface area is 133 Å². The van der Waals surface area contributed by atoms with Crippen LogP contribution in [0.3, 0.4) is 0 Å². The Kier molecular flexibility index (Phi) is 5.59. The molecule has 0 saturated carbocycles. The summed E-state index contributed by atoms with van der Waals surface area (Å²) in [7, 11) is 0. The molecule has 1 heterocycles. The Bertz CT molecular complexity index is 498. The van der Waals surface area contributed by atoms with Crippen LogP contribution in [-0.4, -0.2) is 53.1 Å². The molecule has 0 radical (unpaired) electrons. The third-order valence-corrected chi connectivity index (χ3v) is 4.69. The molecule has 1 fully saturated rings. The molecule has 1 aromatic carbocycles. The molecule has 0 spiro atoms. The first kappa shape index (κ1) is 17.0. The SMILES string of the molecule is CCN1CCN(C(C(=O)O)c2ccc(C(C)C)cc2)C(C)C1. The molecule has 122 valence electrons. The van der Waals surface area contributed by atoms with Crippen molar-refractivity contribution in [3.05, 3.63) is 35.4 Å². The van der Waals surface area contributed by atoms with Gasteiger partial charge in [-0.1, -0.05) is 45.0 Å². The number of rotatable bonds is 5. The first-order valence-electron chi connectivity index (χ1n) is 8.24. The number of carboxylic acid groups (broad SMARTS) is 1. The Morgan fingerprint density at radius 2 is 1.82 bits per heavy atom. The summed E-state index contributed by atoms with van der Waals surface area (Å²) in [6.07, 6.45) is 0. The van der Waals surface area contributed by atoms with E-state index in [1.807, 2.05) is 12.1 Å². The third-order valence-electron chi connectivity index (χ3n) is 4.69. The summed E-state index contributed by atoms with van der Waals surface area (Å²) in [5, 5.41) is 9.74. The second-order valence-corrected chi connectivity index (χ2v) is 6.54. The zero-order valence-electron chi connectivity index (χ0n) is 14.1. The van der Waals surface area contributed by atoms with E-state index in [1.54, 1.807) is 0 Å². The average molecular weight is 304 g/mol. The van der Waals surface area contributed by atoms with Crippen molar-refractivity contribution in [2.24, 2.45) is 0 Å². The second kappa shape index (κ2) is 7.25. The van der Waals surface area contributed by atoms with Crippen molar-refractivity contribution >= 4 is 5.97 Å². The van der Waals surface area contributed by atoms with E-state index in [2.05, 4.69) is 49.6 Å². The van der Waals surface area contributed by atoms with Crippen LogP contribution in [0.4, 0.5) is 0 Å². The predicted octanol–water partition coefficient (Wildman–Crippen LogP) is 2.96. The van der Waals surface area contributed by atoms with Gasteiger partial charge in [0.05, 0.1) is 0 Å². The summed E-state index contributed by atoms with van der Waals surface area (Å²) in [5.41, 5.74) is 2.13. The van der Waals surface area contributed by atoms with Crippen LogP contribution in [0.1, 0.15) is 50.8 Å². The van der Waals surface area contributed by atoms with Crippen molar-refractivity contribution in [3.63, 3.8) is 0 Å². The highest BCUT2D eigenvalue weighted by Gasteiger charge is 2.34. The molecular formula is C18H28N2O2. The van der Waals surface area contributed by atoms with Crippen LogP contribution in [0.5, 0.6) is 0 Å². The quantitative estimate of drug-likeness (QED) is 0.908. The fourth-order valence-corrected chi connectivity index (χ4v) is 3.26. The molecule has 22 heavy (non-hydrogen) atoms. The molecule has 4 nitrogen and oxygen atoms in total. The molecule has 1 N–H and O–H groups in total. The van der Waals surface area contributed by atoms with Gasteiger partial charge in [-0.3, -0.25) is 9.69 Å². The number of carbonyl (C=O) groups is 1. The molecule has 1 aromatic rings. The number of likely N-dealkylation sites (N-methyl/N-ethyl adjacent to an activating group) is 1. The highest BCUT2D eigenvalue weighted by molar-refractivity contribution is 5.75. The Balaban J connectivity index is 2.21. The molecule has 2 rings (SSSR count). The van der Waals surface area contributed by atoms with E-state index in [1.165, 1.54) is 5.56 Å². The number of piperazine rings is 1. The Morgan fingerprint density at radius 3 is 2.27 bits per heavy atom. The minimum atomic E-state index is -0.755. The first-order chi connectivity index (χ1) is 10.4. The Hall–Kier alpha value is -1.39. The molecular weight excluding hydrogens is 276 g/mol. The van der Waals surface area contributed by atoms with E-state index >= 15 is 0 Å². The molecule has 2 atom stereocenters. The van der Waals surface area contributed by atoms with E-state index in [9.17, 15) is 9.90 Å². The van der Waals surface area contributed by atoms with Crippen molar-refractivity contribution < 1.29 is 9.90 Å². The lowest BCUT2D eigenvalue weighted by Gasteiger charge is -2.42. The van der Waals surface area contributed by atoms with Crippen LogP contribution in [0.2, 0.25) is 0 Å². The van der Waals surface area contributed by atoms with Crippen LogP contribution < -0.4 is 0 Å². The van der Waals surface area contributed by atoms with Crippen LogP contribution in [0, 0.1) is 0 Å². The summed E-state index contributed by atoms with van der Waals surface area (Å²) >= 11 is 0. The van der Waals surface area contributed by atoms with Crippen molar-refractivity contribution in [2.45, 2.75) is 45.7 Å². The van der Waals surface area contributed by atoms with Crippen LogP contribution >= 0.6 is 0 Å². The molecule has 0 aliphatic carbocycles. The van der Waals surface area contributed by atoms with Crippen molar-refractivity contribution in [3.8, 4) is 0 Å². The van der Waals surface area contributed by atoms with Gasteiger partial charge in [0.15, 0.2) is 0 Å². The van der Waals surface area contributed by atoms with Crippen molar-refractivity contribution in [1.29, 1.82) is 0 Å². The number of aliphatic carboxylic acids is 1. The summed E-state index contributed by atoms with van der Waals surface area (Å²) in [5.74, 6) is -0.293. The van der Waals surface area contributed by atoms with Crippen molar-refractivity contribution in [1.82, 2.24) is 9.80 Å². The van der Waals surface area contributed by atoms with Gasteiger partial charge >= 0.3 is 5.97 Å². The summed E-state index contributed by atoms with van der Waals surface area (Å²) in [4.78, 5) is 16.4. The monoisotopic (exact) mass is 304 g/mol. The van der Waals surface area contributed by atoms with Crippen molar-refractivity contribution in [2.75, 3.05) is 26.2 Å². The zero-order valence-corrected chi connectivity index (χ0v) is 14.1. The maximum atomic E-state index is 11.9. The predicted molar refractivity (Wildman–Crippen MR) is 89.2 cm³/mol. The molecule has 1 saturated heterocycles. The fraction of sp³-hybridized carbons (Fsp3) is 0.611. The minimum Gasteiger partial charge on any atom is -0.480 e. The highest BCUT2D eigenvalue weighted by atomic mass is 16.4. The van der Waals surface area contributed by atoms with Gasteiger partial charge in [0.1, 0.15) is 6.04 Å². The smallest absolute Gasteiger partial charge is 0.325 e. The summed E-state index contributed by atoms with van der Waals surface area (Å²) < 4.78 is 0. The highest BCUT2D eigenvalue weighted by Crippen LogP contribution is 2.27. The second-order valence-electron chi connectivity index (χ2n) is 6.54. The zero-order chi connectivity index (χ0) is 16.3. The lowest BCUT2D eigenvalue weighted by Crippen LogP contribution is -2.54. The van der Waals surface area contributed by atoms with Crippen LogP contribution in [0.15, 0.2) is 24.3 Å². The van der Waals surface area contributed by atoms with E-state index < -0.39 is 12.0 Å². The van der Waals surface area contributed by atoms with Gasteiger partial charge in [0, 0.05) is 25.7 Å². The minimum absolute atomic E-state index is 0.250. The normalized spacial score (nSPS) is 22.0. The lowest BCUT2D eigenvalue weighted by atomic mass is 9.97. The summed E-state index contributed by atoms with van der Waals surface area (Å²) in [6, 6.07) is 7.78.